The van der Waals surface area contributed by atoms with E-state index in [2.05, 4.69) is 10.3 Å². The number of benzene rings is 2. The van der Waals surface area contributed by atoms with Crippen molar-refractivity contribution in [3.05, 3.63) is 58.1 Å². The normalized spacial score (nSPS) is 10.4. The number of nitrogens with zero attached hydrogens (tertiary/aromatic N) is 3. The van der Waals surface area contributed by atoms with Gasteiger partial charge in [0.05, 0.1) is 15.4 Å². The Morgan fingerprint density at radius 1 is 1.22 bits per heavy atom. The number of nitrogen functional groups attached to an aromatic ring is 1. The van der Waals surface area contributed by atoms with Crippen LogP contribution in [0.4, 0.5) is 28.0 Å². The summed E-state index contributed by atoms with van der Waals surface area (Å²) in [6, 6.07) is 12.2. The Hall–Kier alpha value is -3.46. The Kier molecular flexibility index (Phi) is 5.04. The van der Waals surface area contributed by atoms with E-state index in [0.29, 0.717) is 21.9 Å². The molecule has 0 saturated heterocycles. The van der Waals surface area contributed by atoms with Crippen LogP contribution in [0.2, 0.25) is 0 Å². The van der Waals surface area contributed by atoms with Crippen molar-refractivity contribution in [2.45, 2.75) is 0 Å². The fourth-order valence-corrected chi connectivity index (χ4v) is 3.40. The van der Waals surface area contributed by atoms with Crippen LogP contribution in [-0.2, 0) is 0 Å². The Labute approximate surface area is 159 Å². The van der Waals surface area contributed by atoms with Gasteiger partial charge in [-0.25, -0.2) is 4.98 Å². The lowest BCUT2D eigenvalue weighted by molar-refractivity contribution is -0.385. The van der Waals surface area contributed by atoms with E-state index >= 15 is 0 Å². The molecule has 0 spiro atoms. The van der Waals surface area contributed by atoms with Gasteiger partial charge in [0.25, 0.3) is 5.69 Å². The number of nitrogens with two attached hydrogens (primary N) is 1. The fraction of sp³-hybridized carbons (Fsp3) is 0.111. The van der Waals surface area contributed by atoms with Crippen LogP contribution in [0.25, 0.3) is 10.4 Å². The molecule has 1 heterocycles. The molecular formula is C18H17N5O3S. The first kappa shape index (κ1) is 18.3. The van der Waals surface area contributed by atoms with Gasteiger partial charge in [0.2, 0.25) is 0 Å². The third kappa shape index (κ3) is 3.87. The number of hydrogen-bond donors (Lipinski definition) is 2. The Bertz CT molecular complexity index is 999. The van der Waals surface area contributed by atoms with Gasteiger partial charge >= 0.3 is 0 Å². The molecular weight excluding hydrogens is 366 g/mol. The van der Waals surface area contributed by atoms with Crippen LogP contribution in [0.15, 0.2) is 42.5 Å². The first-order chi connectivity index (χ1) is 12.9. The highest BCUT2D eigenvalue weighted by atomic mass is 32.1. The SMILES string of the molecule is CN(C)c1ccc(Nc2nc(N)c(-c3ccc(C=O)c([N+](=O)[O-])c3)s2)cc1. The quantitative estimate of drug-likeness (QED) is 0.376. The molecule has 2 aromatic carbocycles. The zero-order valence-electron chi connectivity index (χ0n) is 14.7. The second-order valence-corrected chi connectivity index (χ2v) is 6.95. The monoisotopic (exact) mass is 383 g/mol. The van der Waals surface area contributed by atoms with Gasteiger partial charge < -0.3 is 16.0 Å². The summed E-state index contributed by atoms with van der Waals surface area (Å²) in [6.45, 7) is 0. The molecule has 3 N–H and O–H groups in total. The molecule has 0 bridgehead atoms. The van der Waals surface area contributed by atoms with E-state index in [-0.39, 0.29) is 17.1 Å². The molecule has 3 aromatic rings. The van der Waals surface area contributed by atoms with Crippen LogP contribution in [0.1, 0.15) is 10.4 Å². The number of nitrogens with one attached hydrogen (secondary N) is 1. The standard InChI is InChI=1S/C18H17N5O3S/c1-22(2)14-7-5-13(6-8-14)20-18-21-17(19)16(27-18)11-3-4-12(10-24)15(9-11)23(25)26/h3-10H,19H2,1-2H3,(H,20,21). The number of carbonyl (C=O) groups is 1. The van der Waals surface area contributed by atoms with E-state index in [9.17, 15) is 14.9 Å². The maximum absolute atomic E-state index is 11.2. The second-order valence-electron chi connectivity index (χ2n) is 5.95. The number of nitro benzene ring substituents is 1. The van der Waals surface area contributed by atoms with Crippen molar-refractivity contribution in [3.8, 4) is 10.4 Å². The molecule has 1 aromatic heterocycles. The maximum Gasteiger partial charge on any atom is 0.280 e. The molecule has 0 atom stereocenters. The van der Waals surface area contributed by atoms with Crippen LogP contribution < -0.4 is 16.0 Å². The lowest BCUT2D eigenvalue weighted by Gasteiger charge is -2.12. The number of anilines is 4. The molecule has 0 amide bonds. The highest BCUT2D eigenvalue weighted by Crippen LogP contribution is 2.38. The van der Waals surface area contributed by atoms with Crippen molar-refractivity contribution in [2.75, 3.05) is 30.0 Å². The lowest BCUT2D eigenvalue weighted by Crippen LogP contribution is -2.08. The summed E-state index contributed by atoms with van der Waals surface area (Å²) in [5.74, 6) is 0.264. The van der Waals surface area contributed by atoms with Crippen LogP contribution in [0.5, 0.6) is 0 Å². The van der Waals surface area contributed by atoms with E-state index < -0.39 is 4.92 Å². The van der Waals surface area contributed by atoms with Gasteiger partial charge in [0.1, 0.15) is 5.82 Å². The molecule has 9 heteroatoms. The predicted molar refractivity (Wildman–Crippen MR) is 108 cm³/mol. The smallest absolute Gasteiger partial charge is 0.280 e. The van der Waals surface area contributed by atoms with E-state index in [1.165, 1.54) is 23.5 Å². The molecule has 27 heavy (non-hydrogen) atoms. The number of rotatable bonds is 6. The number of hydrogen-bond acceptors (Lipinski definition) is 8. The maximum atomic E-state index is 11.2. The average molecular weight is 383 g/mol. The molecule has 0 unspecified atom stereocenters. The summed E-state index contributed by atoms with van der Waals surface area (Å²) in [7, 11) is 3.93. The minimum absolute atomic E-state index is 0.0196. The minimum Gasteiger partial charge on any atom is -0.382 e. The summed E-state index contributed by atoms with van der Waals surface area (Å²) in [5, 5.41) is 14.9. The summed E-state index contributed by atoms with van der Waals surface area (Å²) in [5.41, 5.74) is 8.22. The highest BCUT2D eigenvalue weighted by molar-refractivity contribution is 7.19. The van der Waals surface area contributed by atoms with Crippen LogP contribution >= 0.6 is 11.3 Å². The highest BCUT2D eigenvalue weighted by Gasteiger charge is 2.18. The first-order valence-corrected chi connectivity index (χ1v) is 8.75. The van der Waals surface area contributed by atoms with E-state index in [1.54, 1.807) is 6.07 Å². The van der Waals surface area contributed by atoms with Gasteiger partial charge in [-0.2, -0.15) is 0 Å². The van der Waals surface area contributed by atoms with Gasteiger partial charge in [0, 0.05) is 37.1 Å². The first-order valence-electron chi connectivity index (χ1n) is 7.93. The Balaban J connectivity index is 1.89. The van der Waals surface area contributed by atoms with Crippen molar-refractivity contribution >= 4 is 45.6 Å². The van der Waals surface area contributed by atoms with Crippen LogP contribution in [-0.4, -0.2) is 30.3 Å². The molecule has 0 saturated carbocycles. The Morgan fingerprint density at radius 2 is 1.93 bits per heavy atom. The van der Waals surface area contributed by atoms with E-state index in [1.807, 2.05) is 43.3 Å². The predicted octanol–water partition coefficient (Wildman–Crippen LogP) is 3.92. The molecule has 0 fully saturated rings. The van der Waals surface area contributed by atoms with Crippen molar-refractivity contribution in [2.24, 2.45) is 0 Å². The van der Waals surface area contributed by atoms with Gasteiger partial charge in [0.15, 0.2) is 11.4 Å². The van der Waals surface area contributed by atoms with Gasteiger partial charge in [-0.3, -0.25) is 14.9 Å². The number of aldehydes is 1. The van der Waals surface area contributed by atoms with Crippen molar-refractivity contribution in [1.29, 1.82) is 0 Å². The molecule has 0 radical (unpaired) electrons. The summed E-state index contributed by atoms with van der Waals surface area (Å²) >= 11 is 1.28. The van der Waals surface area contributed by atoms with E-state index in [4.69, 9.17) is 5.73 Å². The number of thiazole rings is 1. The van der Waals surface area contributed by atoms with Crippen molar-refractivity contribution < 1.29 is 9.72 Å². The topological polar surface area (TPSA) is 114 Å². The average Bonchev–Trinajstić information content (AvgIpc) is 3.01. The zero-order valence-corrected chi connectivity index (χ0v) is 15.5. The van der Waals surface area contributed by atoms with Crippen LogP contribution in [0, 0.1) is 10.1 Å². The van der Waals surface area contributed by atoms with Crippen LogP contribution in [0.3, 0.4) is 0 Å². The number of carbonyl (C=O) groups excluding carboxylic acids is 1. The summed E-state index contributed by atoms with van der Waals surface area (Å²) in [6.07, 6.45) is 0.461. The molecule has 0 aliphatic heterocycles. The molecule has 3 rings (SSSR count). The van der Waals surface area contributed by atoms with Gasteiger partial charge in [-0.05, 0) is 30.3 Å². The fourth-order valence-electron chi connectivity index (χ4n) is 2.50. The Morgan fingerprint density at radius 3 is 2.52 bits per heavy atom. The van der Waals surface area contributed by atoms with Crippen molar-refractivity contribution in [3.63, 3.8) is 0 Å². The molecule has 8 nitrogen and oxygen atoms in total. The minimum atomic E-state index is -0.587. The largest absolute Gasteiger partial charge is 0.382 e. The number of nitro groups is 1. The molecule has 0 aliphatic carbocycles. The van der Waals surface area contributed by atoms with E-state index in [0.717, 1.165) is 11.4 Å². The molecule has 138 valence electrons. The molecule has 0 aliphatic rings. The summed E-state index contributed by atoms with van der Waals surface area (Å²) < 4.78 is 0. The van der Waals surface area contributed by atoms with Gasteiger partial charge in [-0.15, -0.1) is 0 Å². The second kappa shape index (κ2) is 7.42. The lowest BCUT2D eigenvalue weighted by atomic mass is 10.1. The van der Waals surface area contributed by atoms with Gasteiger partial charge in [-0.1, -0.05) is 17.4 Å². The zero-order chi connectivity index (χ0) is 19.6. The number of aromatic nitrogens is 1. The third-order valence-electron chi connectivity index (χ3n) is 3.90. The third-order valence-corrected chi connectivity index (χ3v) is 4.94. The summed E-state index contributed by atoms with van der Waals surface area (Å²) in [4.78, 5) is 28.4. The van der Waals surface area contributed by atoms with Crippen molar-refractivity contribution in [1.82, 2.24) is 4.98 Å².